The fourth-order valence-corrected chi connectivity index (χ4v) is 1.70. The first-order valence-corrected chi connectivity index (χ1v) is 6.10. The summed E-state index contributed by atoms with van der Waals surface area (Å²) in [6.07, 6.45) is 5.70. The lowest BCUT2D eigenvalue weighted by molar-refractivity contribution is -0.123. The second-order valence-corrected chi connectivity index (χ2v) is 4.60. The Bertz CT molecular complexity index is 275. The molecule has 0 radical (unpaired) electrons. The molecule has 2 nitrogen and oxygen atoms in total. The average molecular weight is 276 g/mol. The van der Waals surface area contributed by atoms with Gasteiger partial charge in [0.15, 0.2) is 5.78 Å². The third-order valence-corrected chi connectivity index (χ3v) is 2.80. The number of rotatable bonds is 8. The molecule has 0 N–H and O–H groups in total. The zero-order valence-corrected chi connectivity index (χ0v) is 13.2. The first kappa shape index (κ1) is 19.2. The second-order valence-electron chi connectivity index (χ2n) is 4.33. The lowest BCUT2D eigenvalue weighted by atomic mass is 10.0. The molecular formula is C13H25O2PS. The zero-order valence-electron chi connectivity index (χ0n) is 11.1. The van der Waals surface area contributed by atoms with E-state index in [0.29, 0.717) is 6.42 Å². The van der Waals surface area contributed by atoms with E-state index in [9.17, 15) is 4.79 Å². The molecule has 0 saturated heterocycles. The SMILES string of the molecule is C=C(C)CCC/C(C)=C\C[C@H](OP)C(C)=O.S. The maximum atomic E-state index is 11.1. The van der Waals surface area contributed by atoms with Gasteiger partial charge >= 0.3 is 0 Å². The summed E-state index contributed by atoms with van der Waals surface area (Å²) in [5, 5.41) is 0. The Morgan fingerprint density at radius 2 is 1.94 bits per heavy atom. The normalized spacial score (nSPS) is 12.8. The minimum atomic E-state index is -0.318. The molecule has 0 amide bonds. The summed E-state index contributed by atoms with van der Waals surface area (Å²) in [5.74, 6) is 0.0704. The number of carbonyl (C=O) groups excluding carboxylic acids is 1. The predicted octanol–water partition coefficient (Wildman–Crippen LogP) is 3.95. The van der Waals surface area contributed by atoms with Crippen LogP contribution in [0.25, 0.3) is 0 Å². The van der Waals surface area contributed by atoms with E-state index in [1.165, 1.54) is 11.1 Å². The second kappa shape index (κ2) is 11.0. The molecule has 100 valence electrons. The van der Waals surface area contributed by atoms with Crippen LogP contribution < -0.4 is 0 Å². The third kappa shape index (κ3) is 10.7. The molecule has 0 aliphatic rings. The van der Waals surface area contributed by atoms with Crippen molar-refractivity contribution in [2.75, 3.05) is 0 Å². The van der Waals surface area contributed by atoms with E-state index in [4.69, 9.17) is 4.52 Å². The number of hydrogen-bond donors (Lipinski definition) is 0. The van der Waals surface area contributed by atoms with Gasteiger partial charge in [0.25, 0.3) is 0 Å². The Labute approximate surface area is 115 Å². The topological polar surface area (TPSA) is 26.3 Å². The van der Waals surface area contributed by atoms with Crippen molar-refractivity contribution in [1.82, 2.24) is 0 Å². The number of Topliss-reactive ketones (excluding diaryl/α,β-unsaturated/α-hetero) is 1. The van der Waals surface area contributed by atoms with E-state index in [1.54, 1.807) is 6.92 Å². The minimum Gasteiger partial charge on any atom is -0.354 e. The van der Waals surface area contributed by atoms with Crippen molar-refractivity contribution in [3.63, 3.8) is 0 Å². The molecular weight excluding hydrogens is 251 g/mol. The highest BCUT2D eigenvalue weighted by Gasteiger charge is 2.10. The maximum absolute atomic E-state index is 11.1. The molecule has 0 aromatic heterocycles. The van der Waals surface area contributed by atoms with Gasteiger partial charge in [-0.05, 0) is 46.5 Å². The van der Waals surface area contributed by atoms with E-state index < -0.39 is 0 Å². The molecule has 2 atom stereocenters. The van der Waals surface area contributed by atoms with Crippen LogP contribution in [0.1, 0.15) is 46.5 Å². The van der Waals surface area contributed by atoms with Gasteiger partial charge in [-0.25, -0.2) is 0 Å². The van der Waals surface area contributed by atoms with Crippen LogP contribution in [0.15, 0.2) is 23.8 Å². The lowest BCUT2D eigenvalue weighted by Crippen LogP contribution is -2.16. The highest BCUT2D eigenvalue weighted by molar-refractivity contribution is 7.59. The molecule has 0 aromatic carbocycles. The molecule has 0 aliphatic heterocycles. The quantitative estimate of drug-likeness (QED) is 0.495. The molecule has 4 heteroatoms. The van der Waals surface area contributed by atoms with Crippen molar-refractivity contribution in [1.29, 1.82) is 0 Å². The molecule has 0 heterocycles. The predicted molar refractivity (Wildman–Crippen MR) is 82.7 cm³/mol. The first-order valence-electron chi connectivity index (χ1n) is 5.63. The first-order chi connectivity index (χ1) is 7.47. The van der Waals surface area contributed by atoms with Crippen LogP contribution in [0.3, 0.4) is 0 Å². The third-order valence-electron chi connectivity index (χ3n) is 2.47. The van der Waals surface area contributed by atoms with Crippen LogP contribution in [0.5, 0.6) is 0 Å². The Balaban J connectivity index is 0. The molecule has 0 rings (SSSR count). The maximum Gasteiger partial charge on any atom is 0.159 e. The Morgan fingerprint density at radius 1 is 1.35 bits per heavy atom. The Kier molecular flexibility index (Phi) is 12.5. The highest BCUT2D eigenvalue weighted by Crippen LogP contribution is 2.13. The molecule has 1 unspecified atom stereocenters. The number of ketones is 1. The van der Waals surface area contributed by atoms with Crippen LogP contribution >= 0.6 is 23.0 Å². The van der Waals surface area contributed by atoms with Crippen molar-refractivity contribution < 1.29 is 9.32 Å². The smallest absolute Gasteiger partial charge is 0.159 e. The summed E-state index contributed by atoms with van der Waals surface area (Å²) in [6, 6.07) is 0. The van der Waals surface area contributed by atoms with Crippen LogP contribution in [-0.4, -0.2) is 11.9 Å². The molecule has 0 fully saturated rings. The van der Waals surface area contributed by atoms with Gasteiger partial charge in [0.2, 0.25) is 0 Å². The van der Waals surface area contributed by atoms with Crippen LogP contribution in [0.2, 0.25) is 0 Å². The standard InChI is InChI=1S/C13H23O2P.H2S/c1-10(2)6-5-7-11(3)8-9-13(15-16)12(4)14;/h8,13H,1,5-7,9,16H2,2-4H3;1H2/b11-8-;/t13-;/m0./s1. The van der Waals surface area contributed by atoms with Crippen LogP contribution in [0, 0.1) is 0 Å². The zero-order chi connectivity index (χ0) is 12.6. The van der Waals surface area contributed by atoms with E-state index in [0.717, 1.165) is 19.3 Å². The van der Waals surface area contributed by atoms with E-state index in [-0.39, 0.29) is 25.4 Å². The number of allylic oxidation sites excluding steroid dienone is 2. The van der Waals surface area contributed by atoms with Crippen molar-refractivity contribution in [2.45, 2.75) is 52.6 Å². The molecule has 0 spiro atoms. The molecule has 0 bridgehead atoms. The van der Waals surface area contributed by atoms with Gasteiger partial charge in [-0.3, -0.25) is 4.79 Å². The minimum absolute atomic E-state index is 0. The number of hydrogen-bond acceptors (Lipinski definition) is 2. The van der Waals surface area contributed by atoms with Gasteiger partial charge < -0.3 is 4.52 Å². The van der Waals surface area contributed by atoms with Crippen molar-refractivity contribution in [3.05, 3.63) is 23.8 Å². The average Bonchev–Trinajstić information content (AvgIpc) is 2.17. The summed E-state index contributed by atoms with van der Waals surface area (Å²) in [5.41, 5.74) is 2.54. The summed E-state index contributed by atoms with van der Waals surface area (Å²) in [4.78, 5) is 11.1. The summed E-state index contributed by atoms with van der Waals surface area (Å²) >= 11 is 0. The molecule has 0 saturated carbocycles. The molecule has 0 aliphatic carbocycles. The lowest BCUT2D eigenvalue weighted by Gasteiger charge is -2.09. The van der Waals surface area contributed by atoms with Crippen molar-refractivity contribution in [3.8, 4) is 0 Å². The van der Waals surface area contributed by atoms with Gasteiger partial charge in [0.1, 0.15) is 6.10 Å². The summed E-state index contributed by atoms with van der Waals surface area (Å²) < 4.78 is 5.01. The number of carbonyl (C=O) groups is 1. The van der Waals surface area contributed by atoms with E-state index in [1.807, 2.05) is 6.92 Å². The fourth-order valence-electron chi connectivity index (χ4n) is 1.40. The van der Waals surface area contributed by atoms with Crippen LogP contribution in [0.4, 0.5) is 0 Å². The van der Waals surface area contributed by atoms with Crippen molar-refractivity contribution >= 4 is 28.7 Å². The fraction of sp³-hybridized carbons (Fsp3) is 0.615. The Morgan fingerprint density at radius 3 is 2.35 bits per heavy atom. The van der Waals surface area contributed by atoms with Gasteiger partial charge in [0.05, 0.1) is 0 Å². The highest BCUT2D eigenvalue weighted by atomic mass is 32.1. The van der Waals surface area contributed by atoms with Gasteiger partial charge in [-0.2, -0.15) is 13.5 Å². The Hall–Kier alpha value is -0.110. The van der Waals surface area contributed by atoms with E-state index >= 15 is 0 Å². The molecule has 17 heavy (non-hydrogen) atoms. The summed E-state index contributed by atoms with van der Waals surface area (Å²) in [7, 11) is 2.16. The molecule has 0 aromatic rings. The summed E-state index contributed by atoms with van der Waals surface area (Å²) in [6.45, 7) is 9.57. The van der Waals surface area contributed by atoms with Gasteiger partial charge in [0, 0.05) is 9.47 Å². The van der Waals surface area contributed by atoms with Gasteiger partial charge in [-0.1, -0.05) is 17.2 Å². The monoisotopic (exact) mass is 276 g/mol. The van der Waals surface area contributed by atoms with Gasteiger partial charge in [-0.15, -0.1) is 6.58 Å². The largest absolute Gasteiger partial charge is 0.354 e. The van der Waals surface area contributed by atoms with Crippen molar-refractivity contribution in [2.24, 2.45) is 0 Å². The van der Waals surface area contributed by atoms with Crippen LogP contribution in [-0.2, 0) is 9.32 Å². The van der Waals surface area contributed by atoms with E-state index in [2.05, 4.69) is 29.0 Å².